The van der Waals surface area contributed by atoms with Crippen LogP contribution in [-0.2, 0) is 6.42 Å². The molecule has 1 N–H and O–H groups in total. The lowest BCUT2D eigenvalue weighted by Gasteiger charge is -2.11. The van der Waals surface area contributed by atoms with Crippen molar-refractivity contribution in [3.8, 4) is 0 Å². The van der Waals surface area contributed by atoms with Gasteiger partial charge in [0.05, 0.1) is 10.6 Å². The Morgan fingerprint density at radius 1 is 1.43 bits per heavy atom. The van der Waals surface area contributed by atoms with E-state index in [1.54, 1.807) is 19.1 Å². The Morgan fingerprint density at radius 2 is 2.17 bits per heavy atom. The van der Waals surface area contributed by atoms with Crippen molar-refractivity contribution >= 4 is 45.8 Å². The van der Waals surface area contributed by atoms with E-state index in [1.807, 2.05) is 22.6 Å². The van der Waals surface area contributed by atoms with Gasteiger partial charge in [-0.1, -0.05) is 17.7 Å². The standard InChI is InChI=1S/C15H10ClFIN3O2/c1-7-19-20-14-13(16)10(11(15(22)23)6-21(7)14)4-8-2-3-9(18)5-12(8)17/h2-3,5-6H,4H2,1H3,(H,22,23). The minimum absolute atomic E-state index is 0.00310. The summed E-state index contributed by atoms with van der Waals surface area (Å²) in [5.74, 6) is -1.01. The average Bonchev–Trinajstić information content (AvgIpc) is 2.85. The lowest BCUT2D eigenvalue weighted by Crippen LogP contribution is -2.08. The first-order chi connectivity index (χ1) is 10.9. The van der Waals surface area contributed by atoms with Crippen molar-refractivity contribution in [3.63, 3.8) is 0 Å². The van der Waals surface area contributed by atoms with Crippen LogP contribution in [-0.4, -0.2) is 25.7 Å². The third-order valence-corrected chi connectivity index (χ3v) is 4.59. The number of carbonyl (C=O) groups is 1. The molecule has 0 aliphatic carbocycles. The smallest absolute Gasteiger partial charge is 0.337 e. The van der Waals surface area contributed by atoms with Gasteiger partial charge in [-0.2, -0.15) is 0 Å². The maximum Gasteiger partial charge on any atom is 0.337 e. The van der Waals surface area contributed by atoms with Gasteiger partial charge in [0.2, 0.25) is 0 Å². The lowest BCUT2D eigenvalue weighted by molar-refractivity contribution is 0.0695. The number of hydrogen-bond acceptors (Lipinski definition) is 3. The van der Waals surface area contributed by atoms with Gasteiger partial charge in [-0.25, -0.2) is 9.18 Å². The fraction of sp³-hybridized carbons (Fsp3) is 0.133. The summed E-state index contributed by atoms with van der Waals surface area (Å²) in [6, 6.07) is 4.77. The first-order valence-corrected chi connectivity index (χ1v) is 8.04. The molecule has 2 aromatic heterocycles. The lowest BCUT2D eigenvalue weighted by atomic mass is 10.0. The molecule has 0 saturated carbocycles. The van der Waals surface area contributed by atoms with E-state index in [9.17, 15) is 14.3 Å². The zero-order valence-corrected chi connectivity index (χ0v) is 14.8. The number of pyridine rings is 1. The van der Waals surface area contributed by atoms with Gasteiger partial charge in [0, 0.05) is 16.2 Å². The molecule has 0 fully saturated rings. The van der Waals surface area contributed by atoms with Gasteiger partial charge in [0.1, 0.15) is 11.6 Å². The Bertz CT molecular complexity index is 942. The summed E-state index contributed by atoms with van der Waals surface area (Å²) in [6.07, 6.45) is 1.48. The zero-order chi connectivity index (χ0) is 16.7. The monoisotopic (exact) mass is 445 g/mol. The second kappa shape index (κ2) is 6.04. The molecule has 118 valence electrons. The number of halogens is 3. The SMILES string of the molecule is Cc1nnc2c(Cl)c(Cc3ccc(I)cc3F)c(C(=O)O)cn12. The maximum absolute atomic E-state index is 14.1. The van der Waals surface area contributed by atoms with Crippen molar-refractivity contribution in [3.05, 3.63) is 61.3 Å². The molecular formula is C15H10ClFIN3O2. The van der Waals surface area contributed by atoms with E-state index in [0.29, 0.717) is 22.6 Å². The van der Waals surface area contributed by atoms with Crippen molar-refractivity contribution in [2.75, 3.05) is 0 Å². The van der Waals surface area contributed by atoms with Crippen LogP contribution in [0.1, 0.15) is 27.3 Å². The predicted molar refractivity (Wildman–Crippen MR) is 91.6 cm³/mol. The second-order valence-electron chi connectivity index (χ2n) is 4.99. The van der Waals surface area contributed by atoms with Gasteiger partial charge in [-0.15, -0.1) is 10.2 Å². The van der Waals surface area contributed by atoms with Gasteiger partial charge >= 0.3 is 5.97 Å². The van der Waals surface area contributed by atoms with Crippen molar-refractivity contribution in [2.24, 2.45) is 0 Å². The summed E-state index contributed by atoms with van der Waals surface area (Å²) in [7, 11) is 0. The fourth-order valence-corrected chi connectivity index (χ4v) is 3.10. The van der Waals surface area contributed by atoms with E-state index < -0.39 is 11.8 Å². The van der Waals surface area contributed by atoms with Crippen LogP contribution in [0.15, 0.2) is 24.4 Å². The summed E-state index contributed by atoms with van der Waals surface area (Å²) in [5.41, 5.74) is 1.05. The first kappa shape index (κ1) is 16.1. The minimum Gasteiger partial charge on any atom is -0.478 e. The van der Waals surface area contributed by atoms with Crippen molar-refractivity contribution < 1.29 is 14.3 Å². The van der Waals surface area contributed by atoms with Crippen molar-refractivity contribution in [2.45, 2.75) is 13.3 Å². The molecule has 8 heteroatoms. The Hall–Kier alpha value is -1.74. The van der Waals surface area contributed by atoms with Crippen LogP contribution in [0.4, 0.5) is 4.39 Å². The molecule has 2 heterocycles. The molecule has 23 heavy (non-hydrogen) atoms. The van der Waals surface area contributed by atoms with Crippen molar-refractivity contribution in [1.82, 2.24) is 14.6 Å². The van der Waals surface area contributed by atoms with Gasteiger partial charge in [0.25, 0.3) is 0 Å². The Labute approximate surface area is 149 Å². The van der Waals surface area contributed by atoms with Crippen LogP contribution in [0.2, 0.25) is 5.02 Å². The highest BCUT2D eigenvalue weighted by molar-refractivity contribution is 14.1. The number of carboxylic acid groups (broad SMARTS) is 1. The summed E-state index contributed by atoms with van der Waals surface area (Å²) in [5, 5.41) is 17.5. The molecule has 0 spiro atoms. The maximum atomic E-state index is 14.1. The first-order valence-electron chi connectivity index (χ1n) is 6.58. The molecule has 0 radical (unpaired) electrons. The number of aromatic carboxylic acids is 1. The van der Waals surface area contributed by atoms with Gasteiger partial charge in [-0.3, -0.25) is 4.40 Å². The minimum atomic E-state index is -1.14. The van der Waals surface area contributed by atoms with E-state index in [2.05, 4.69) is 10.2 Å². The molecule has 0 unspecified atom stereocenters. The number of nitrogens with zero attached hydrogens (tertiary/aromatic N) is 3. The van der Waals surface area contributed by atoms with Crippen LogP contribution in [0, 0.1) is 16.3 Å². The number of fused-ring (bicyclic) bond motifs is 1. The number of benzene rings is 1. The van der Waals surface area contributed by atoms with Crippen LogP contribution < -0.4 is 0 Å². The third-order valence-electron chi connectivity index (χ3n) is 3.52. The quantitative estimate of drug-likeness (QED) is 0.624. The normalized spacial score (nSPS) is 11.1. The Balaban J connectivity index is 2.21. The summed E-state index contributed by atoms with van der Waals surface area (Å²) >= 11 is 8.34. The molecule has 0 amide bonds. The number of rotatable bonds is 3. The van der Waals surface area contributed by atoms with E-state index in [0.717, 1.165) is 3.57 Å². The van der Waals surface area contributed by atoms with Crippen LogP contribution in [0.3, 0.4) is 0 Å². The molecule has 5 nitrogen and oxygen atoms in total. The summed E-state index contributed by atoms with van der Waals surface area (Å²) in [6.45, 7) is 1.69. The van der Waals surface area contributed by atoms with E-state index in [4.69, 9.17) is 11.6 Å². The van der Waals surface area contributed by atoms with Crippen LogP contribution >= 0.6 is 34.2 Å². The van der Waals surface area contributed by atoms with E-state index >= 15 is 0 Å². The molecule has 3 rings (SSSR count). The number of hydrogen-bond donors (Lipinski definition) is 1. The van der Waals surface area contributed by atoms with Gasteiger partial charge < -0.3 is 5.11 Å². The van der Waals surface area contributed by atoms with Crippen LogP contribution in [0.25, 0.3) is 5.65 Å². The van der Waals surface area contributed by atoms with E-state index in [1.165, 1.54) is 16.7 Å². The number of aromatic nitrogens is 3. The highest BCUT2D eigenvalue weighted by Gasteiger charge is 2.21. The molecule has 1 aromatic carbocycles. The van der Waals surface area contributed by atoms with Gasteiger partial charge in [-0.05, 0) is 52.8 Å². The Kier molecular flexibility index (Phi) is 4.24. The zero-order valence-electron chi connectivity index (χ0n) is 11.8. The van der Waals surface area contributed by atoms with Gasteiger partial charge in [0.15, 0.2) is 5.65 Å². The highest BCUT2D eigenvalue weighted by atomic mass is 127. The average molecular weight is 446 g/mol. The molecular weight excluding hydrogens is 436 g/mol. The largest absolute Gasteiger partial charge is 0.478 e. The Morgan fingerprint density at radius 3 is 2.83 bits per heavy atom. The van der Waals surface area contributed by atoms with Crippen LogP contribution in [0.5, 0.6) is 0 Å². The second-order valence-corrected chi connectivity index (χ2v) is 6.62. The predicted octanol–water partition coefficient (Wildman–Crippen LogP) is 3.72. The third kappa shape index (κ3) is 2.90. The molecule has 0 aliphatic rings. The van der Waals surface area contributed by atoms with Crippen molar-refractivity contribution in [1.29, 1.82) is 0 Å². The molecule has 0 aliphatic heterocycles. The topological polar surface area (TPSA) is 67.5 Å². The number of carboxylic acids is 1. The summed E-state index contributed by atoms with van der Waals surface area (Å²) in [4.78, 5) is 11.6. The molecule has 3 aromatic rings. The molecule has 0 bridgehead atoms. The summed E-state index contributed by atoms with van der Waals surface area (Å²) < 4.78 is 16.4. The highest BCUT2D eigenvalue weighted by Crippen LogP contribution is 2.28. The number of aryl methyl sites for hydroxylation is 1. The molecule has 0 saturated heterocycles. The molecule has 0 atom stereocenters. The van der Waals surface area contributed by atoms with E-state index in [-0.39, 0.29) is 17.0 Å². The fourth-order valence-electron chi connectivity index (χ4n) is 2.35.